The highest BCUT2D eigenvalue weighted by Gasteiger charge is 2.26. The first-order valence-electron chi connectivity index (χ1n) is 10.5. The lowest BCUT2D eigenvalue weighted by molar-refractivity contribution is -0.120. The van der Waals surface area contributed by atoms with Crippen LogP contribution >= 0.6 is 0 Å². The van der Waals surface area contributed by atoms with Crippen LogP contribution in [0.15, 0.2) is 36.4 Å². The van der Waals surface area contributed by atoms with Crippen LogP contribution in [0.3, 0.4) is 0 Å². The molecule has 1 N–H and O–H groups in total. The first-order valence-corrected chi connectivity index (χ1v) is 10.5. The Morgan fingerprint density at radius 1 is 1.07 bits per heavy atom. The fourth-order valence-electron chi connectivity index (χ4n) is 4.30. The smallest absolute Gasteiger partial charge is 0.264 e. The van der Waals surface area contributed by atoms with Crippen LogP contribution in [0.4, 0.5) is 5.69 Å². The van der Waals surface area contributed by atoms with Gasteiger partial charge in [-0.15, -0.1) is 0 Å². The molecule has 5 nitrogen and oxygen atoms in total. The molecule has 0 spiro atoms. The number of benzene rings is 2. The van der Waals surface area contributed by atoms with E-state index in [0.29, 0.717) is 12.1 Å². The van der Waals surface area contributed by atoms with Gasteiger partial charge in [0.15, 0.2) is 6.61 Å². The van der Waals surface area contributed by atoms with Crippen LogP contribution < -0.4 is 15.0 Å². The lowest BCUT2D eigenvalue weighted by Gasteiger charge is -2.30. The standard InChI is InChI=1S/C24H28N2O3/c1-16(2)25-24(28)21-8-4-10-22-20(21)9-5-13-26(22)23(27)15-29-19-12-11-17-6-3-7-18(17)14-19/h4,8,10-12,14,16H,3,5-7,9,13,15H2,1-2H3,(H,25,28). The minimum atomic E-state index is -0.0828. The number of nitrogens with one attached hydrogen (secondary N) is 1. The molecule has 1 aliphatic carbocycles. The van der Waals surface area contributed by atoms with Crippen molar-refractivity contribution < 1.29 is 14.3 Å². The molecule has 0 unspecified atom stereocenters. The van der Waals surface area contributed by atoms with Crippen molar-refractivity contribution in [3.8, 4) is 5.75 Å². The van der Waals surface area contributed by atoms with Crippen LogP contribution in [0.25, 0.3) is 0 Å². The van der Waals surface area contributed by atoms with E-state index in [0.717, 1.165) is 42.7 Å². The summed E-state index contributed by atoms with van der Waals surface area (Å²) in [5.74, 6) is 0.592. The van der Waals surface area contributed by atoms with Gasteiger partial charge in [-0.05, 0) is 86.9 Å². The summed E-state index contributed by atoms with van der Waals surface area (Å²) in [6.45, 7) is 4.54. The van der Waals surface area contributed by atoms with Gasteiger partial charge >= 0.3 is 0 Å². The van der Waals surface area contributed by atoms with Gasteiger partial charge in [-0.3, -0.25) is 9.59 Å². The van der Waals surface area contributed by atoms with E-state index < -0.39 is 0 Å². The van der Waals surface area contributed by atoms with E-state index in [-0.39, 0.29) is 24.5 Å². The zero-order chi connectivity index (χ0) is 20.4. The highest BCUT2D eigenvalue weighted by Crippen LogP contribution is 2.31. The lowest BCUT2D eigenvalue weighted by atomic mass is 9.95. The molecule has 2 amide bonds. The van der Waals surface area contributed by atoms with Crippen molar-refractivity contribution in [3.63, 3.8) is 0 Å². The second-order valence-electron chi connectivity index (χ2n) is 8.15. The summed E-state index contributed by atoms with van der Waals surface area (Å²) >= 11 is 0. The molecule has 0 atom stereocenters. The molecule has 152 valence electrons. The van der Waals surface area contributed by atoms with Gasteiger partial charge in [0.1, 0.15) is 5.75 Å². The largest absolute Gasteiger partial charge is 0.484 e. The Balaban J connectivity index is 1.49. The number of nitrogens with zero attached hydrogens (tertiary/aromatic N) is 1. The molecule has 0 radical (unpaired) electrons. The van der Waals surface area contributed by atoms with Gasteiger partial charge in [-0.1, -0.05) is 12.1 Å². The summed E-state index contributed by atoms with van der Waals surface area (Å²) in [7, 11) is 0. The predicted octanol–water partition coefficient (Wildman–Crippen LogP) is 3.67. The quantitative estimate of drug-likeness (QED) is 0.845. The highest BCUT2D eigenvalue weighted by atomic mass is 16.5. The number of carbonyl (C=O) groups is 2. The number of ether oxygens (including phenoxy) is 1. The molecule has 2 aliphatic rings. The summed E-state index contributed by atoms with van der Waals surface area (Å²) in [6.07, 6.45) is 5.04. The van der Waals surface area contributed by atoms with E-state index >= 15 is 0 Å². The Bertz CT molecular complexity index is 936. The molecular weight excluding hydrogens is 364 g/mol. The maximum atomic E-state index is 12.9. The maximum Gasteiger partial charge on any atom is 0.264 e. The molecule has 2 aromatic carbocycles. The monoisotopic (exact) mass is 392 g/mol. The Hall–Kier alpha value is -2.82. The molecule has 0 saturated heterocycles. The molecule has 0 bridgehead atoms. The first kappa shape index (κ1) is 19.5. The van der Waals surface area contributed by atoms with E-state index in [1.807, 2.05) is 38.1 Å². The number of fused-ring (bicyclic) bond motifs is 2. The third-order valence-electron chi connectivity index (χ3n) is 5.65. The minimum Gasteiger partial charge on any atom is -0.484 e. The summed E-state index contributed by atoms with van der Waals surface area (Å²) in [5, 5.41) is 2.95. The second-order valence-corrected chi connectivity index (χ2v) is 8.15. The Labute approximate surface area is 172 Å². The van der Waals surface area contributed by atoms with E-state index in [1.54, 1.807) is 4.90 Å². The van der Waals surface area contributed by atoms with Gasteiger partial charge < -0.3 is 15.0 Å². The average molecular weight is 392 g/mol. The molecule has 0 aromatic heterocycles. The van der Waals surface area contributed by atoms with Crippen LogP contribution in [-0.2, 0) is 24.1 Å². The molecule has 1 heterocycles. The Morgan fingerprint density at radius 2 is 1.90 bits per heavy atom. The van der Waals surface area contributed by atoms with E-state index in [4.69, 9.17) is 4.74 Å². The van der Waals surface area contributed by atoms with Crippen LogP contribution in [0.1, 0.15) is 53.7 Å². The van der Waals surface area contributed by atoms with Crippen LogP contribution in [-0.4, -0.2) is 31.0 Å². The van der Waals surface area contributed by atoms with Crippen molar-refractivity contribution in [2.75, 3.05) is 18.1 Å². The third-order valence-corrected chi connectivity index (χ3v) is 5.65. The van der Waals surface area contributed by atoms with Crippen molar-refractivity contribution in [1.29, 1.82) is 0 Å². The van der Waals surface area contributed by atoms with Crippen molar-refractivity contribution in [2.24, 2.45) is 0 Å². The van der Waals surface area contributed by atoms with Crippen LogP contribution in [0.2, 0.25) is 0 Å². The Morgan fingerprint density at radius 3 is 2.72 bits per heavy atom. The maximum absolute atomic E-state index is 12.9. The van der Waals surface area contributed by atoms with E-state index in [1.165, 1.54) is 17.5 Å². The molecule has 29 heavy (non-hydrogen) atoms. The third kappa shape index (κ3) is 4.14. The first-order chi connectivity index (χ1) is 14.0. The zero-order valence-electron chi connectivity index (χ0n) is 17.2. The summed E-state index contributed by atoms with van der Waals surface area (Å²) in [6, 6.07) is 11.8. The average Bonchev–Trinajstić information content (AvgIpc) is 3.18. The topological polar surface area (TPSA) is 58.6 Å². The lowest BCUT2D eigenvalue weighted by Crippen LogP contribution is -2.39. The molecule has 2 aromatic rings. The van der Waals surface area contributed by atoms with Crippen molar-refractivity contribution >= 4 is 17.5 Å². The minimum absolute atomic E-state index is 0.000640. The molecule has 0 saturated carbocycles. The molecule has 1 aliphatic heterocycles. The molecular formula is C24H28N2O3. The molecule has 0 fully saturated rings. The van der Waals surface area contributed by atoms with Gasteiger partial charge in [0.05, 0.1) is 0 Å². The van der Waals surface area contributed by atoms with E-state index in [9.17, 15) is 9.59 Å². The number of rotatable bonds is 5. The number of aryl methyl sites for hydroxylation is 2. The second kappa shape index (κ2) is 8.27. The van der Waals surface area contributed by atoms with Crippen LogP contribution in [0, 0.1) is 0 Å². The van der Waals surface area contributed by atoms with Gasteiger partial charge in [0.2, 0.25) is 0 Å². The number of hydrogen-bond acceptors (Lipinski definition) is 3. The van der Waals surface area contributed by atoms with Gasteiger partial charge in [-0.2, -0.15) is 0 Å². The van der Waals surface area contributed by atoms with Gasteiger partial charge in [0, 0.05) is 23.8 Å². The summed E-state index contributed by atoms with van der Waals surface area (Å²) < 4.78 is 5.82. The Kier molecular flexibility index (Phi) is 5.56. The zero-order valence-corrected chi connectivity index (χ0v) is 17.2. The fraction of sp³-hybridized carbons (Fsp3) is 0.417. The van der Waals surface area contributed by atoms with Crippen molar-refractivity contribution in [1.82, 2.24) is 5.32 Å². The normalized spacial score (nSPS) is 15.1. The number of hydrogen-bond donors (Lipinski definition) is 1. The van der Waals surface area contributed by atoms with E-state index in [2.05, 4.69) is 17.4 Å². The summed E-state index contributed by atoms with van der Waals surface area (Å²) in [4.78, 5) is 27.3. The molecule has 5 heteroatoms. The SMILES string of the molecule is CC(C)NC(=O)c1cccc2c1CCCN2C(=O)COc1ccc2c(c1)CCC2. The van der Waals surface area contributed by atoms with Crippen molar-refractivity contribution in [2.45, 2.75) is 52.0 Å². The van der Waals surface area contributed by atoms with Gasteiger partial charge in [0.25, 0.3) is 11.8 Å². The summed E-state index contributed by atoms with van der Waals surface area (Å²) in [5.41, 5.74) is 5.16. The molecule has 4 rings (SSSR count). The van der Waals surface area contributed by atoms with Crippen LogP contribution in [0.5, 0.6) is 5.75 Å². The number of amides is 2. The predicted molar refractivity (Wildman–Crippen MR) is 114 cm³/mol. The highest BCUT2D eigenvalue weighted by molar-refractivity contribution is 6.01. The van der Waals surface area contributed by atoms with Crippen molar-refractivity contribution in [3.05, 3.63) is 58.7 Å². The number of anilines is 1. The number of carbonyl (C=O) groups excluding carboxylic acids is 2. The fourth-order valence-corrected chi connectivity index (χ4v) is 4.30. The van der Waals surface area contributed by atoms with Gasteiger partial charge in [-0.25, -0.2) is 0 Å².